The van der Waals surface area contributed by atoms with Crippen LogP contribution in [0.3, 0.4) is 0 Å². The molecule has 11 heavy (non-hydrogen) atoms. The third kappa shape index (κ3) is 2.78. The lowest BCUT2D eigenvalue weighted by Gasteiger charge is -2.09. The maximum absolute atomic E-state index is 12.2. The molecule has 1 nitrogen and oxygen atoms in total. The van der Waals surface area contributed by atoms with Crippen molar-refractivity contribution in [3.05, 3.63) is 11.6 Å². The van der Waals surface area contributed by atoms with E-state index in [0.717, 1.165) is 7.11 Å². The summed E-state index contributed by atoms with van der Waals surface area (Å²) in [6.07, 6.45) is -5.06. The molecule has 0 bridgehead atoms. The van der Waals surface area contributed by atoms with Crippen molar-refractivity contribution in [2.45, 2.75) is 19.5 Å². The highest BCUT2D eigenvalue weighted by molar-refractivity contribution is 5.08. The number of allylic oxidation sites excluding steroid dienone is 1. The van der Waals surface area contributed by atoms with E-state index in [2.05, 4.69) is 4.74 Å². The SMILES string of the molecule is CCC(=C(F)OC)C(F)(F)F. The van der Waals surface area contributed by atoms with Gasteiger partial charge in [-0.2, -0.15) is 17.6 Å². The van der Waals surface area contributed by atoms with Crippen molar-refractivity contribution in [2.75, 3.05) is 7.11 Å². The van der Waals surface area contributed by atoms with Crippen LogP contribution in [0, 0.1) is 0 Å². The Hall–Kier alpha value is -0.740. The monoisotopic (exact) mass is 172 g/mol. The van der Waals surface area contributed by atoms with Crippen molar-refractivity contribution in [2.24, 2.45) is 0 Å². The van der Waals surface area contributed by atoms with Crippen molar-refractivity contribution < 1.29 is 22.3 Å². The van der Waals surface area contributed by atoms with Gasteiger partial charge in [0.15, 0.2) is 0 Å². The van der Waals surface area contributed by atoms with Crippen LogP contribution in [-0.4, -0.2) is 13.3 Å². The van der Waals surface area contributed by atoms with E-state index in [1.807, 2.05) is 0 Å². The highest BCUT2D eigenvalue weighted by Crippen LogP contribution is 2.31. The van der Waals surface area contributed by atoms with Gasteiger partial charge in [0.05, 0.1) is 7.11 Å². The largest absolute Gasteiger partial charge is 0.474 e. The van der Waals surface area contributed by atoms with Gasteiger partial charge in [-0.25, -0.2) is 0 Å². The lowest BCUT2D eigenvalue weighted by Crippen LogP contribution is -2.13. The van der Waals surface area contributed by atoms with Crippen LogP contribution in [0.25, 0.3) is 0 Å². The highest BCUT2D eigenvalue weighted by Gasteiger charge is 2.36. The summed E-state index contributed by atoms with van der Waals surface area (Å²) in [7, 11) is 0.858. The van der Waals surface area contributed by atoms with Crippen molar-refractivity contribution in [1.29, 1.82) is 0 Å². The van der Waals surface area contributed by atoms with Gasteiger partial charge in [0.2, 0.25) is 0 Å². The lowest BCUT2D eigenvalue weighted by atomic mass is 10.2. The average Bonchev–Trinajstić information content (AvgIpc) is 1.86. The molecule has 0 atom stereocenters. The molecule has 0 aliphatic heterocycles. The van der Waals surface area contributed by atoms with E-state index in [1.165, 1.54) is 6.92 Å². The maximum atomic E-state index is 12.2. The molecule has 0 saturated heterocycles. The van der Waals surface area contributed by atoms with Crippen LogP contribution >= 0.6 is 0 Å². The molecule has 0 N–H and O–H groups in total. The zero-order valence-corrected chi connectivity index (χ0v) is 6.13. The Balaban J connectivity index is 4.66. The van der Waals surface area contributed by atoms with Crippen LogP contribution in [0.4, 0.5) is 17.6 Å². The van der Waals surface area contributed by atoms with Crippen molar-refractivity contribution in [3.8, 4) is 0 Å². The molecule has 0 heterocycles. The van der Waals surface area contributed by atoms with Crippen LogP contribution in [0.5, 0.6) is 0 Å². The molecule has 0 aromatic heterocycles. The molecule has 0 amide bonds. The van der Waals surface area contributed by atoms with Crippen molar-refractivity contribution in [3.63, 3.8) is 0 Å². The number of hydrogen-bond acceptors (Lipinski definition) is 1. The lowest BCUT2D eigenvalue weighted by molar-refractivity contribution is -0.0993. The summed E-state index contributed by atoms with van der Waals surface area (Å²) in [6.45, 7) is 1.21. The first-order valence-corrected chi connectivity index (χ1v) is 2.93. The fourth-order valence-electron chi connectivity index (χ4n) is 0.574. The Kier molecular flexibility index (Phi) is 3.35. The quantitative estimate of drug-likeness (QED) is 0.459. The summed E-state index contributed by atoms with van der Waals surface area (Å²) >= 11 is 0. The normalized spacial score (nSPS) is 14.4. The minimum atomic E-state index is -4.63. The molecule has 0 rings (SSSR count). The second-order valence-corrected chi connectivity index (χ2v) is 1.81. The van der Waals surface area contributed by atoms with E-state index in [0.29, 0.717) is 0 Å². The summed E-state index contributed by atoms with van der Waals surface area (Å²) in [5.41, 5.74) is -1.26. The summed E-state index contributed by atoms with van der Waals surface area (Å²) in [4.78, 5) is 0. The molecule has 0 fully saturated rings. The number of methoxy groups -OCH3 is 1. The third-order valence-corrected chi connectivity index (χ3v) is 1.11. The predicted octanol–water partition coefficient (Wildman–Crippen LogP) is 2.79. The Bertz CT molecular complexity index is 158. The fourth-order valence-corrected chi connectivity index (χ4v) is 0.574. The predicted molar refractivity (Wildman–Crippen MR) is 31.5 cm³/mol. The van der Waals surface area contributed by atoms with Gasteiger partial charge in [-0.15, -0.1) is 0 Å². The molecule has 0 spiro atoms. The van der Waals surface area contributed by atoms with Crippen LogP contribution in [0.15, 0.2) is 11.6 Å². The molecule has 0 saturated carbocycles. The van der Waals surface area contributed by atoms with Crippen LogP contribution in [0.2, 0.25) is 0 Å². The highest BCUT2D eigenvalue weighted by atomic mass is 19.4. The number of halogens is 4. The molecule has 0 aromatic rings. The number of rotatable bonds is 2. The number of hydrogen-bond donors (Lipinski definition) is 0. The first kappa shape index (κ1) is 10.3. The Morgan fingerprint density at radius 1 is 1.36 bits per heavy atom. The van der Waals surface area contributed by atoms with Gasteiger partial charge < -0.3 is 4.74 Å². The van der Waals surface area contributed by atoms with Gasteiger partial charge in [-0.1, -0.05) is 6.92 Å². The molecule has 66 valence electrons. The fraction of sp³-hybridized carbons (Fsp3) is 0.667. The molecule has 0 aliphatic carbocycles. The zero-order chi connectivity index (χ0) is 9.07. The number of ether oxygens (including phenoxy) is 1. The van der Waals surface area contributed by atoms with E-state index in [9.17, 15) is 17.6 Å². The first-order chi connectivity index (χ1) is 4.93. The maximum Gasteiger partial charge on any atom is 0.418 e. The van der Waals surface area contributed by atoms with Crippen LogP contribution in [-0.2, 0) is 4.74 Å². The summed E-state index contributed by atoms with van der Waals surface area (Å²) in [6, 6.07) is -1.56. The van der Waals surface area contributed by atoms with Gasteiger partial charge in [0.1, 0.15) is 5.57 Å². The molecule has 5 heteroatoms. The molecule has 0 unspecified atom stereocenters. The van der Waals surface area contributed by atoms with Crippen molar-refractivity contribution in [1.82, 2.24) is 0 Å². The topological polar surface area (TPSA) is 9.23 Å². The first-order valence-electron chi connectivity index (χ1n) is 2.93. The smallest absolute Gasteiger partial charge is 0.418 e. The van der Waals surface area contributed by atoms with Crippen LogP contribution in [0.1, 0.15) is 13.3 Å². The van der Waals surface area contributed by atoms with E-state index in [1.54, 1.807) is 0 Å². The van der Waals surface area contributed by atoms with Gasteiger partial charge in [-0.3, -0.25) is 0 Å². The average molecular weight is 172 g/mol. The molecular weight excluding hydrogens is 164 g/mol. The van der Waals surface area contributed by atoms with Gasteiger partial charge in [0.25, 0.3) is 6.01 Å². The van der Waals surface area contributed by atoms with Crippen LogP contribution < -0.4 is 0 Å². The third-order valence-electron chi connectivity index (χ3n) is 1.11. The summed E-state index contributed by atoms with van der Waals surface area (Å²) < 4.78 is 51.4. The standard InChI is InChI=1S/C6H8F4O/c1-3-4(5(7)11-2)6(8,9)10/h3H2,1-2H3. The van der Waals surface area contributed by atoms with Gasteiger partial charge in [0, 0.05) is 0 Å². The van der Waals surface area contributed by atoms with Gasteiger partial charge >= 0.3 is 6.18 Å². The summed E-state index contributed by atoms with van der Waals surface area (Å²) in [5.74, 6) is 0. The van der Waals surface area contributed by atoms with E-state index < -0.39 is 24.2 Å². The Labute approximate surface area is 61.7 Å². The van der Waals surface area contributed by atoms with E-state index >= 15 is 0 Å². The Morgan fingerprint density at radius 2 is 1.82 bits per heavy atom. The second-order valence-electron chi connectivity index (χ2n) is 1.81. The second kappa shape index (κ2) is 3.59. The number of alkyl halides is 3. The minimum absolute atomic E-state index is 0.427. The van der Waals surface area contributed by atoms with Gasteiger partial charge in [-0.05, 0) is 6.42 Å². The van der Waals surface area contributed by atoms with E-state index in [-0.39, 0.29) is 0 Å². The minimum Gasteiger partial charge on any atom is -0.474 e. The summed E-state index contributed by atoms with van der Waals surface area (Å²) in [5, 5.41) is 0. The zero-order valence-electron chi connectivity index (χ0n) is 6.13. The molecule has 0 radical (unpaired) electrons. The Morgan fingerprint density at radius 3 is 1.91 bits per heavy atom. The molecule has 0 aromatic carbocycles. The van der Waals surface area contributed by atoms with Crippen molar-refractivity contribution >= 4 is 0 Å². The van der Waals surface area contributed by atoms with E-state index in [4.69, 9.17) is 0 Å². The molecular formula is C6H8F4O. The molecule has 0 aliphatic rings.